The maximum atomic E-state index is 14.1. The molecular weight excluding hydrogens is 598 g/mol. The summed E-state index contributed by atoms with van der Waals surface area (Å²) in [4.78, 5) is 65.8. The Kier molecular flexibility index (Phi) is 9.26. The van der Waals surface area contributed by atoms with Gasteiger partial charge in [-0.2, -0.15) is 0 Å². The van der Waals surface area contributed by atoms with Gasteiger partial charge in [0.2, 0.25) is 0 Å². The molecule has 0 N–H and O–H groups in total. The Hall–Kier alpha value is -2.81. The number of ketones is 2. The zero-order valence-electron chi connectivity index (χ0n) is 29.9. The second kappa shape index (κ2) is 12.3. The van der Waals surface area contributed by atoms with Gasteiger partial charge in [0.15, 0.2) is 17.7 Å². The standard InChI is InChI=1S/C38H55NO8/c1-21(19-45-31(43)18-39(9)10)22(2)33(44)34(47-26(6)41)24(4)32-29(46-25(5)40)17-36(8)30-12-11-27-23(3)28(42)13-14-37(27)20-38(30,37)16-15-35(32,36)7/h13-14,21,23-24,27,29-30,32,34H,2,11-12,15-20H2,1,3-10H3/t21-,23-,24?,27-,29-,30-,32-,34+,35+,36-,37?,38?/m0/s1. The largest absolute Gasteiger partial charge is 0.464 e. The van der Waals surface area contributed by atoms with Crippen molar-refractivity contribution in [2.24, 2.45) is 57.2 Å². The zero-order chi connectivity index (χ0) is 34.9. The number of hydrogen-bond acceptors (Lipinski definition) is 9. The molecule has 5 aliphatic rings. The summed E-state index contributed by atoms with van der Waals surface area (Å²) in [5, 5.41) is 0. The van der Waals surface area contributed by atoms with Crippen LogP contribution >= 0.6 is 0 Å². The molecule has 4 fully saturated rings. The highest BCUT2D eigenvalue weighted by Gasteiger charge is 2.81. The number of hydrogen-bond donors (Lipinski definition) is 0. The van der Waals surface area contributed by atoms with Crippen LogP contribution in [0, 0.1) is 57.2 Å². The fourth-order valence-corrected chi connectivity index (χ4v) is 11.5. The van der Waals surface area contributed by atoms with Gasteiger partial charge in [-0.1, -0.05) is 47.3 Å². The van der Waals surface area contributed by atoms with E-state index in [4.69, 9.17) is 14.2 Å². The van der Waals surface area contributed by atoms with Gasteiger partial charge < -0.3 is 14.2 Å². The van der Waals surface area contributed by atoms with Crippen LogP contribution < -0.4 is 0 Å². The van der Waals surface area contributed by atoms with Gasteiger partial charge in [0.25, 0.3) is 0 Å². The van der Waals surface area contributed by atoms with Gasteiger partial charge in [-0.15, -0.1) is 0 Å². The SMILES string of the molecule is C=C(C(=O)[C@H](OC(C)=O)C(C)[C@H]1[C@@H](OC(C)=O)C[C@@]2(C)[C@@H]3CC[C@H]4[C@H](C)C(=O)C=CC45CC35CC[C@]12C)[C@@H](C)COC(=O)CN(C)C. The van der Waals surface area contributed by atoms with E-state index < -0.39 is 41.8 Å². The molecule has 0 radical (unpaired) electrons. The number of ether oxygens (including phenoxy) is 3. The number of fused-ring (bicyclic) bond motifs is 2. The lowest BCUT2D eigenvalue weighted by Gasteiger charge is -2.61. The molecule has 5 aliphatic carbocycles. The zero-order valence-corrected chi connectivity index (χ0v) is 29.9. The minimum absolute atomic E-state index is 0.0150. The molecule has 0 saturated heterocycles. The van der Waals surface area contributed by atoms with Crippen molar-refractivity contribution in [3.8, 4) is 0 Å². The lowest BCUT2D eigenvalue weighted by molar-refractivity contribution is -0.166. The molecule has 0 aromatic rings. The number of nitrogens with zero attached hydrogens (tertiary/aromatic N) is 1. The molecule has 2 spiro atoms. The van der Waals surface area contributed by atoms with Crippen molar-refractivity contribution in [2.75, 3.05) is 27.2 Å². The first-order valence-electron chi connectivity index (χ1n) is 17.5. The fourth-order valence-electron chi connectivity index (χ4n) is 11.5. The Morgan fingerprint density at radius 1 is 1.04 bits per heavy atom. The van der Waals surface area contributed by atoms with Crippen LogP contribution in [0.3, 0.4) is 0 Å². The molecule has 0 heterocycles. The Balaban J connectivity index is 1.45. The number of rotatable bonds is 11. The molecule has 5 rings (SSSR count). The van der Waals surface area contributed by atoms with Gasteiger partial charge in [0, 0.05) is 37.5 Å². The van der Waals surface area contributed by atoms with E-state index in [1.807, 2.05) is 13.0 Å². The van der Waals surface area contributed by atoms with Crippen LogP contribution in [0.5, 0.6) is 0 Å². The van der Waals surface area contributed by atoms with Gasteiger partial charge in [-0.3, -0.25) is 28.9 Å². The van der Waals surface area contributed by atoms with Crippen LogP contribution in [0.15, 0.2) is 24.3 Å². The summed E-state index contributed by atoms with van der Waals surface area (Å²) in [6.07, 6.45) is 8.18. The van der Waals surface area contributed by atoms with E-state index in [-0.39, 0.29) is 64.0 Å². The number of likely N-dealkylation sites (N-methyl/N-ethyl adjacent to an activating group) is 1. The number of carbonyl (C=O) groups excluding carboxylic acids is 5. The van der Waals surface area contributed by atoms with E-state index in [0.29, 0.717) is 18.3 Å². The summed E-state index contributed by atoms with van der Waals surface area (Å²) < 4.78 is 17.4. The van der Waals surface area contributed by atoms with E-state index in [1.165, 1.54) is 13.8 Å². The second-order valence-corrected chi connectivity index (χ2v) is 16.4. The Morgan fingerprint density at radius 2 is 1.72 bits per heavy atom. The van der Waals surface area contributed by atoms with Crippen LogP contribution in [-0.4, -0.2) is 73.8 Å². The summed E-state index contributed by atoms with van der Waals surface area (Å²) in [6, 6.07) is 0. The molecule has 12 atom stereocenters. The highest BCUT2D eigenvalue weighted by Crippen LogP contribution is 2.87. The smallest absolute Gasteiger partial charge is 0.320 e. The molecule has 47 heavy (non-hydrogen) atoms. The van der Waals surface area contributed by atoms with Gasteiger partial charge >= 0.3 is 17.9 Å². The second-order valence-electron chi connectivity index (χ2n) is 16.4. The predicted molar refractivity (Wildman–Crippen MR) is 176 cm³/mol. The maximum Gasteiger partial charge on any atom is 0.320 e. The van der Waals surface area contributed by atoms with Crippen molar-refractivity contribution in [1.29, 1.82) is 0 Å². The highest BCUT2D eigenvalue weighted by atomic mass is 16.6. The molecular formula is C38H55NO8. The minimum Gasteiger partial charge on any atom is -0.464 e. The third-order valence-electron chi connectivity index (χ3n) is 13.8. The van der Waals surface area contributed by atoms with E-state index in [1.54, 1.807) is 25.9 Å². The Bertz CT molecular complexity index is 1390. The van der Waals surface area contributed by atoms with Gasteiger partial charge in [0.05, 0.1) is 13.2 Å². The normalized spacial score (nSPS) is 40.1. The van der Waals surface area contributed by atoms with Crippen molar-refractivity contribution in [1.82, 2.24) is 4.90 Å². The summed E-state index contributed by atoms with van der Waals surface area (Å²) >= 11 is 0. The first kappa shape index (κ1) is 35.5. The monoisotopic (exact) mass is 653 g/mol. The summed E-state index contributed by atoms with van der Waals surface area (Å²) in [6.45, 7) is 17.4. The lowest BCUT2D eigenvalue weighted by Crippen LogP contribution is -2.56. The molecule has 0 aromatic carbocycles. The molecule has 0 aromatic heterocycles. The first-order valence-corrected chi connectivity index (χ1v) is 17.5. The molecule has 3 unspecified atom stereocenters. The first-order chi connectivity index (χ1) is 21.8. The Morgan fingerprint density at radius 3 is 2.34 bits per heavy atom. The number of Topliss-reactive ketones (excluding diaryl/α,β-unsaturated/α-hetero) is 1. The van der Waals surface area contributed by atoms with Crippen LogP contribution in [0.2, 0.25) is 0 Å². The van der Waals surface area contributed by atoms with Crippen LogP contribution in [-0.2, 0) is 38.2 Å². The number of carbonyl (C=O) groups is 5. The number of allylic oxidation sites excluding steroid dienone is 2. The van der Waals surface area contributed by atoms with Crippen molar-refractivity contribution >= 4 is 29.5 Å². The van der Waals surface area contributed by atoms with Crippen LogP contribution in [0.4, 0.5) is 0 Å². The molecule has 0 aliphatic heterocycles. The van der Waals surface area contributed by atoms with Gasteiger partial charge in [-0.25, -0.2) is 0 Å². The molecule has 9 nitrogen and oxygen atoms in total. The third-order valence-corrected chi connectivity index (χ3v) is 13.8. The van der Waals surface area contributed by atoms with Crippen molar-refractivity contribution in [3.63, 3.8) is 0 Å². The number of esters is 3. The third kappa shape index (κ3) is 5.52. The summed E-state index contributed by atoms with van der Waals surface area (Å²) in [7, 11) is 3.54. The van der Waals surface area contributed by atoms with Crippen molar-refractivity contribution < 1.29 is 38.2 Å². The highest BCUT2D eigenvalue weighted by molar-refractivity contribution is 6.00. The lowest BCUT2D eigenvalue weighted by atomic mass is 9.43. The van der Waals surface area contributed by atoms with E-state index in [0.717, 1.165) is 32.1 Å². The van der Waals surface area contributed by atoms with Crippen LogP contribution in [0.25, 0.3) is 0 Å². The minimum atomic E-state index is -1.13. The van der Waals surface area contributed by atoms with E-state index >= 15 is 0 Å². The molecule has 9 heteroatoms. The molecule has 0 amide bonds. The molecule has 260 valence electrons. The summed E-state index contributed by atoms with van der Waals surface area (Å²) in [5.74, 6) is -1.94. The fraction of sp³-hybridized carbons (Fsp3) is 0.763. The topological polar surface area (TPSA) is 116 Å². The molecule has 0 bridgehead atoms. The molecule has 4 saturated carbocycles. The quantitative estimate of drug-likeness (QED) is 0.165. The predicted octanol–water partition coefficient (Wildman–Crippen LogP) is 5.36. The average molecular weight is 654 g/mol. The van der Waals surface area contributed by atoms with E-state index in [9.17, 15) is 24.0 Å². The van der Waals surface area contributed by atoms with E-state index in [2.05, 4.69) is 33.4 Å². The van der Waals surface area contributed by atoms with Crippen molar-refractivity contribution in [2.45, 2.75) is 99.2 Å². The summed E-state index contributed by atoms with van der Waals surface area (Å²) in [5.41, 5.74) is -0.121. The maximum absolute atomic E-state index is 14.1. The Labute approximate surface area is 280 Å². The van der Waals surface area contributed by atoms with Gasteiger partial charge in [0.1, 0.15) is 6.10 Å². The van der Waals surface area contributed by atoms with Crippen LogP contribution in [0.1, 0.15) is 87.0 Å². The van der Waals surface area contributed by atoms with Crippen molar-refractivity contribution in [3.05, 3.63) is 24.3 Å². The van der Waals surface area contributed by atoms with Gasteiger partial charge in [-0.05, 0) is 97.8 Å². The average Bonchev–Trinajstić information content (AvgIpc) is 3.59.